The quantitative estimate of drug-likeness (QED) is 0.902. The third-order valence-electron chi connectivity index (χ3n) is 4.85. The summed E-state index contributed by atoms with van der Waals surface area (Å²) in [4.78, 5) is 5.74. The molecule has 18 heavy (non-hydrogen) atoms. The Balaban J connectivity index is 1.79. The van der Waals surface area contributed by atoms with Crippen LogP contribution in [0.2, 0.25) is 0 Å². The van der Waals surface area contributed by atoms with E-state index in [1.54, 1.807) is 4.88 Å². The number of rotatable bonds is 3. The van der Waals surface area contributed by atoms with E-state index in [0.29, 0.717) is 6.04 Å². The molecule has 1 N–H and O–H groups in total. The van der Waals surface area contributed by atoms with E-state index in [-0.39, 0.29) is 0 Å². The molecule has 2 fully saturated rings. The smallest absolute Gasteiger partial charge is 0.0416 e. The van der Waals surface area contributed by atoms with Crippen LogP contribution in [0.4, 0.5) is 0 Å². The molecule has 0 spiro atoms. The number of hydrogen-bond donors (Lipinski definition) is 1. The van der Waals surface area contributed by atoms with Crippen molar-refractivity contribution >= 4 is 11.3 Å². The second-order valence-corrected chi connectivity index (χ2v) is 7.20. The molecule has 0 aromatic carbocycles. The minimum Gasteiger partial charge on any atom is -0.316 e. The van der Waals surface area contributed by atoms with Crippen LogP contribution in [0, 0.1) is 18.8 Å². The molecule has 100 valence electrons. The van der Waals surface area contributed by atoms with Gasteiger partial charge >= 0.3 is 0 Å². The summed E-state index contributed by atoms with van der Waals surface area (Å²) in [6, 6.07) is 5.96. The normalized spacial score (nSPS) is 33.8. The van der Waals surface area contributed by atoms with Crippen molar-refractivity contribution in [3.63, 3.8) is 0 Å². The highest BCUT2D eigenvalue weighted by atomic mass is 32.1. The van der Waals surface area contributed by atoms with E-state index in [9.17, 15) is 0 Å². The van der Waals surface area contributed by atoms with Gasteiger partial charge in [0.15, 0.2) is 0 Å². The molecule has 4 unspecified atom stereocenters. The van der Waals surface area contributed by atoms with E-state index in [4.69, 9.17) is 0 Å². The van der Waals surface area contributed by atoms with Crippen LogP contribution in [0.5, 0.6) is 0 Å². The predicted molar refractivity (Wildman–Crippen MR) is 78.1 cm³/mol. The van der Waals surface area contributed by atoms with E-state index in [1.165, 1.54) is 30.9 Å². The van der Waals surface area contributed by atoms with Gasteiger partial charge in [-0.05, 0) is 57.3 Å². The first-order valence-electron chi connectivity index (χ1n) is 7.23. The van der Waals surface area contributed by atoms with E-state index >= 15 is 0 Å². The third kappa shape index (κ3) is 2.02. The Hall–Kier alpha value is -0.380. The summed E-state index contributed by atoms with van der Waals surface area (Å²) in [6.07, 6.45) is 1.29. The van der Waals surface area contributed by atoms with E-state index in [2.05, 4.69) is 43.1 Å². The molecule has 0 bridgehead atoms. The van der Waals surface area contributed by atoms with Crippen LogP contribution in [0.15, 0.2) is 12.1 Å². The fourth-order valence-electron chi connectivity index (χ4n) is 3.88. The number of likely N-dealkylation sites (tertiary alicyclic amines) is 1. The predicted octanol–water partition coefficient (Wildman–Crippen LogP) is 3.05. The Morgan fingerprint density at radius 2 is 2.28 bits per heavy atom. The van der Waals surface area contributed by atoms with Gasteiger partial charge in [0.25, 0.3) is 0 Å². The zero-order valence-corrected chi connectivity index (χ0v) is 12.5. The van der Waals surface area contributed by atoms with Crippen LogP contribution in [0.25, 0.3) is 0 Å². The molecular formula is C15H24N2S. The first kappa shape index (κ1) is 12.6. The van der Waals surface area contributed by atoms with Gasteiger partial charge in [-0.2, -0.15) is 0 Å². The fourth-order valence-corrected chi connectivity index (χ4v) is 4.83. The molecule has 0 radical (unpaired) electrons. The minimum absolute atomic E-state index is 0.597. The van der Waals surface area contributed by atoms with Crippen LogP contribution >= 0.6 is 11.3 Å². The lowest BCUT2D eigenvalue weighted by Crippen LogP contribution is -2.36. The number of nitrogens with zero attached hydrogens (tertiary/aromatic N) is 1. The first-order valence-corrected chi connectivity index (χ1v) is 8.05. The highest BCUT2D eigenvalue weighted by Crippen LogP contribution is 2.40. The molecular weight excluding hydrogens is 240 g/mol. The lowest BCUT2D eigenvalue weighted by atomic mass is 9.92. The molecule has 3 heterocycles. The van der Waals surface area contributed by atoms with Crippen LogP contribution in [0.3, 0.4) is 0 Å². The Bertz CT molecular complexity index is 414. The molecule has 0 amide bonds. The van der Waals surface area contributed by atoms with Crippen LogP contribution in [0.1, 0.15) is 36.1 Å². The SMILES string of the molecule is CCC1C2CNCC2CN1C(C)c1ccc(C)s1. The topological polar surface area (TPSA) is 15.3 Å². The third-order valence-corrected chi connectivity index (χ3v) is 6.02. The average Bonchev–Trinajstić information content (AvgIpc) is 3.01. The summed E-state index contributed by atoms with van der Waals surface area (Å²) in [5.41, 5.74) is 0. The maximum absolute atomic E-state index is 3.57. The molecule has 0 saturated carbocycles. The summed E-state index contributed by atoms with van der Waals surface area (Å²) in [6.45, 7) is 10.7. The zero-order valence-electron chi connectivity index (χ0n) is 11.6. The molecule has 1 aromatic rings. The molecule has 0 aliphatic carbocycles. The molecule has 2 aliphatic rings. The highest BCUT2D eigenvalue weighted by molar-refractivity contribution is 7.12. The Morgan fingerprint density at radius 3 is 2.94 bits per heavy atom. The summed E-state index contributed by atoms with van der Waals surface area (Å²) >= 11 is 1.97. The summed E-state index contributed by atoms with van der Waals surface area (Å²) < 4.78 is 0. The Morgan fingerprint density at radius 1 is 1.44 bits per heavy atom. The summed E-state index contributed by atoms with van der Waals surface area (Å²) in [7, 11) is 0. The van der Waals surface area contributed by atoms with Crippen molar-refractivity contribution < 1.29 is 0 Å². The minimum atomic E-state index is 0.597. The van der Waals surface area contributed by atoms with Crippen LogP contribution < -0.4 is 5.32 Å². The number of fused-ring (bicyclic) bond motifs is 1. The van der Waals surface area contributed by atoms with Gasteiger partial charge in [0, 0.05) is 28.4 Å². The van der Waals surface area contributed by atoms with Gasteiger partial charge in [-0.3, -0.25) is 4.90 Å². The molecule has 3 rings (SSSR count). The molecule has 4 atom stereocenters. The van der Waals surface area contributed by atoms with Gasteiger partial charge in [-0.25, -0.2) is 0 Å². The largest absolute Gasteiger partial charge is 0.316 e. The van der Waals surface area contributed by atoms with Crippen molar-refractivity contribution in [1.82, 2.24) is 10.2 Å². The number of nitrogens with one attached hydrogen (secondary N) is 1. The van der Waals surface area contributed by atoms with E-state index < -0.39 is 0 Å². The van der Waals surface area contributed by atoms with Gasteiger partial charge in [-0.1, -0.05) is 6.92 Å². The number of hydrogen-bond acceptors (Lipinski definition) is 3. The van der Waals surface area contributed by atoms with Gasteiger partial charge in [0.05, 0.1) is 0 Å². The second kappa shape index (κ2) is 4.95. The number of thiophene rings is 1. The fraction of sp³-hybridized carbons (Fsp3) is 0.733. The Kier molecular flexibility index (Phi) is 3.48. The lowest BCUT2D eigenvalue weighted by molar-refractivity contribution is 0.168. The van der Waals surface area contributed by atoms with Crippen molar-refractivity contribution in [2.45, 2.75) is 39.3 Å². The molecule has 2 nitrogen and oxygen atoms in total. The number of aryl methyl sites for hydroxylation is 1. The Labute approximate surface area is 114 Å². The van der Waals surface area contributed by atoms with Crippen molar-refractivity contribution in [3.05, 3.63) is 21.9 Å². The second-order valence-electron chi connectivity index (χ2n) is 5.88. The van der Waals surface area contributed by atoms with Crippen LogP contribution in [-0.2, 0) is 0 Å². The maximum atomic E-state index is 3.57. The van der Waals surface area contributed by atoms with Gasteiger partial charge in [-0.15, -0.1) is 11.3 Å². The maximum Gasteiger partial charge on any atom is 0.0416 e. The molecule has 2 saturated heterocycles. The molecule has 2 aliphatic heterocycles. The van der Waals surface area contributed by atoms with Crippen molar-refractivity contribution in [2.24, 2.45) is 11.8 Å². The zero-order chi connectivity index (χ0) is 12.7. The van der Waals surface area contributed by atoms with Gasteiger partial charge in [0.1, 0.15) is 0 Å². The van der Waals surface area contributed by atoms with Gasteiger partial charge < -0.3 is 5.32 Å². The first-order chi connectivity index (χ1) is 8.70. The van der Waals surface area contributed by atoms with Crippen LogP contribution in [-0.4, -0.2) is 30.6 Å². The molecule has 3 heteroatoms. The van der Waals surface area contributed by atoms with E-state index in [0.717, 1.165) is 17.9 Å². The lowest BCUT2D eigenvalue weighted by Gasteiger charge is -2.31. The summed E-state index contributed by atoms with van der Waals surface area (Å²) in [5.74, 6) is 1.77. The van der Waals surface area contributed by atoms with Crippen molar-refractivity contribution in [1.29, 1.82) is 0 Å². The standard InChI is InChI=1S/C15H24N2S/c1-4-14-13-8-16-7-12(13)9-17(14)11(3)15-6-5-10(2)18-15/h5-6,11-14,16H,4,7-9H2,1-3H3. The van der Waals surface area contributed by atoms with Gasteiger partial charge in [0.2, 0.25) is 0 Å². The highest BCUT2D eigenvalue weighted by Gasteiger charge is 2.44. The van der Waals surface area contributed by atoms with E-state index in [1.807, 2.05) is 11.3 Å². The molecule has 1 aromatic heterocycles. The van der Waals surface area contributed by atoms with Crippen molar-refractivity contribution in [3.8, 4) is 0 Å². The average molecular weight is 264 g/mol. The monoisotopic (exact) mass is 264 g/mol. The van der Waals surface area contributed by atoms with Crippen molar-refractivity contribution in [2.75, 3.05) is 19.6 Å². The summed E-state index contributed by atoms with van der Waals surface area (Å²) in [5, 5.41) is 3.57.